The normalized spacial score (nSPS) is 14.1. The van der Waals surface area contributed by atoms with E-state index in [1.807, 2.05) is 29.2 Å². The van der Waals surface area contributed by atoms with Gasteiger partial charge < -0.3 is 10.1 Å². The Morgan fingerprint density at radius 3 is 3.30 bits per heavy atom. The van der Waals surface area contributed by atoms with Crippen molar-refractivity contribution in [1.29, 1.82) is 0 Å². The average Bonchev–Trinajstić information content (AvgIpc) is 3.09. The number of nitrogens with zero attached hydrogens (tertiary/aromatic N) is 2. The number of carbonyl (C=O) groups excluding carboxylic acids is 1. The zero-order chi connectivity index (χ0) is 13.9. The summed E-state index contributed by atoms with van der Waals surface area (Å²) in [4.78, 5) is 12.6. The summed E-state index contributed by atoms with van der Waals surface area (Å²) < 4.78 is 7.44. The van der Waals surface area contributed by atoms with Crippen LogP contribution in [0.25, 0.3) is 0 Å². The highest BCUT2D eigenvalue weighted by Crippen LogP contribution is 2.20. The van der Waals surface area contributed by atoms with E-state index in [4.69, 9.17) is 4.74 Å². The maximum atomic E-state index is 11.8. The molecule has 2 aromatic heterocycles. The fourth-order valence-electron chi connectivity index (χ4n) is 2.48. The summed E-state index contributed by atoms with van der Waals surface area (Å²) in [5, 5.41) is 9.37. The van der Waals surface area contributed by atoms with Crippen molar-refractivity contribution >= 4 is 17.2 Å². The van der Waals surface area contributed by atoms with Crippen LogP contribution in [0.5, 0.6) is 0 Å². The van der Waals surface area contributed by atoms with E-state index in [1.54, 1.807) is 0 Å². The minimum atomic E-state index is -0.0129. The Labute approximate surface area is 121 Å². The molecule has 1 aliphatic heterocycles. The summed E-state index contributed by atoms with van der Waals surface area (Å²) in [7, 11) is 1.97. The fourth-order valence-corrected chi connectivity index (χ4v) is 3.12. The number of nitrogens with one attached hydrogen (secondary N) is 1. The largest absolute Gasteiger partial charge is 0.376 e. The SMILES string of the molecule is Cn1nc(CCNC(=O)c2cccs2)c2c1CCOC2. The van der Waals surface area contributed by atoms with Gasteiger partial charge in [0.2, 0.25) is 0 Å². The van der Waals surface area contributed by atoms with Gasteiger partial charge in [-0.15, -0.1) is 11.3 Å². The lowest BCUT2D eigenvalue weighted by atomic mass is 10.1. The minimum Gasteiger partial charge on any atom is -0.376 e. The third-order valence-electron chi connectivity index (χ3n) is 3.48. The second-order valence-electron chi connectivity index (χ2n) is 4.78. The van der Waals surface area contributed by atoms with Gasteiger partial charge in [0.15, 0.2) is 0 Å². The highest BCUT2D eigenvalue weighted by molar-refractivity contribution is 7.12. The monoisotopic (exact) mass is 291 g/mol. The zero-order valence-corrected chi connectivity index (χ0v) is 12.2. The summed E-state index contributed by atoms with van der Waals surface area (Å²) in [5.74, 6) is -0.0129. The summed E-state index contributed by atoms with van der Waals surface area (Å²) >= 11 is 1.45. The number of hydrogen-bond donors (Lipinski definition) is 1. The molecule has 0 atom stereocenters. The van der Waals surface area contributed by atoms with Gasteiger partial charge in [-0.2, -0.15) is 5.10 Å². The number of thiophene rings is 1. The van der Waals surface area contributed by atoms with Gasteiger partial charge in [-0.1, -0.05) is 6.07 Å². The molecule has 20 heavy (non-hydrogen) atoms. The second-order valence-corrected chi connectivity index (χ2v) is 5.73. The average molecular weight is 291 g/mol. The Hall–Kier alpha value is -1.66. The lowest BCUT2D eigenvalue weighted by molar-refractivity contribution is 0.0958. The maximum Gasteiger partial charge on any atom is 0.261 e. The van der Waals surface area contributed by atoms with E-state index >= 15 is 0 Å². The first-order valence-electron chi connectivity index (χ1n) is 6.69. The molecule has 3 rings (SSSR count). The molecule has 0 unspecified atom stereocenters. The van der Waals surface area contributed by atoms with Crippen LogP contribution in [0.2, 0.25) is 0 Å². The maximum absolute atomic E-state index is 11.8. The molecule has 0 fully saturated rings. The second kappa shape index (κ2) is 5.76. The van der Waals surface area contributed by atoms with E-state index in [0.717, 1.165) is 30.0 Å². The van der Waals surface area contributed by atoms with Gasteiger partial charge in [0, 0.05) is 37.7 Å². The van der Waals surface area contributed by atoms with E-state index in [-0.39, 0.29) is 5.91 Å². The Bertz CT molecular complexity index is 604. The number of rotatable bonds is 4. The Morgan fingerprint density at radius 2 is 2.50 bits per heavy atom. The van der Waals surface area contributed by atoms with E-state index in [0.29, 0.717) is 13.2 Å². The molecule has 6 heteroatoms. The molecule has 106 valence electrons. The quantitative estimate of drug-likeness (QED) is 0.929. The van der Waals surface area contributed by atoms with Crippen molar-refractivity contribution in [1.82, 2.24) is 15.1 Å². The molecule has 0 aliphatic carbocycles. The van der Waals surface area contributed by atoms with Gasteiger partial charge in [0.1, 0.15) is 0 Å². The molecule has 3 heterocycles. The van der Waals surface area contributed by atoms with Crippen LogP contribution in [0.4, 0.5) is 0 Å². The van der Waals surface area contributed by atoms with Crippen molar-refractivity contribution in [3.63, 3.8) is 0 Å². The molecule has 1 N–H and O–H groups in total. The van der Waals surface area contributed by atoms with Gasteiger partial charge in [0.25, 0.3) is 5.91 Å². The standard InChI is InChI=1S/C14H17N3O2S/c1-17-12-5-7-19-9-10(12)11(16-17)4-6-15-14(18)13-3-2-8-20-13/h2-3,8H,4-7,9H2,1H3,(H,15,18). The van der Waals surface area contributed by atoms with Crippen molar-refractivity contribution in [2.45, 2.75) is 19.4 Å². The van der Waals surface area contributed by atoms with Crippen LogP contribution in [0.3, 0.4) is 0 Å². The summed E-state index contributed by atoms with van der Waals surface area (Å²) in [6.45, 7) is 2.00. The van der Waals surface area contributed by atoms with E-state index in [1.165, 1.54) is 22.6 Å². The first-order chi connectivity index (χ1) is 9.75. The van der Waals surface area contributed by atoms with E-state index in [9.17, 15) is 4.79 Å². The van der Waals surface area contributed by atoms with Crippen LogP contribution in [-0.4, -0.2) is 28.8 Å². The first kappa shape index (κ1) is 13.3. The Morgan fingerprint density at radius 1 is 1.60 bits per heavy atom. The number of aryl methyl sites for hydroxylation is 1. The van der Waals surface area contributed by atoms with Crippen LogP contribution in [0.1, 0.15) is 26.6 Å². The summed E-state index contributed by atoms with van der Waals surface area (Å²) in [5.41, 5.74) is 3.49. The minimum absolute atomic E-state index is 0.0129. The molecule has 0 aromatic carbocycles. The van der Waals surface area contributed by atoms with Crippen molar-refractivity contribution in [3.8, 4) is 0 Å². The molecule has 0 bridgehead atoms. The summed E-state index contributed by atoms with van der Waals surface area (Å²) in [6, 6.07) is 3.71. The lowest BCUT2D eigenvalue weighted by Crippen LogP contribution is -2.25. The van der Waals surface area contributed by atoms with Crippen LogP contribution >= 0.6 is 11.3 Å². The van der Waals surface area contributed by atoms with Gasteiger partial charge in [-0.3, -0.25) is 9.48 Å². The van der Waals surface area contributed by atoms with Crippen LogP contribution in [0.15, 0.2) is 17.5 Å². The van der Waals surface area contributed by atoms with Crippen molar-refractivity contribution < 1.29 is 9.53 Å². The van der Waals surface area contributed by atoms with Gasteiger partial charge in [0.05, 0.1) is 23.8 Å². The van der Waals surface area contributed by atoms with Crippen LogP contribution in [0, 0.1) is 0 Å². The lowest BCUT2D eigenvalue weighted by Gasteiger charge is -2.13. The smallest absolute Gasteiger partial charge is 0.261 e. The number of aromatic nitrogens is 2. The van der Waals surface area contributed by atoms with Gasteiger partial charge in [-0.25, -0.2) is 0 Å². The Kier molecular flexibility index (Phi) is 3.84. The molecule has 1 aliphatic rings. The number of fused-ring (bicyclic) bond motifs is 1. The third kappa shape index (κ3) is 2.62. The number of hydrogen-bond acceptors (Lipinski definition) is 4. The topological polar surface area (TPSA) is 56.2 Å². The molecule has 0 spiro atoms. The molecule has 1 amide bonds. The molecular weight excluding hydrogens is 274 g/mol. The predicted octanol–water partition coefficient (Wildman–Crippen LogP) is 1.53. The Balaban J connectivity index is 1.60. The van der Waals surface area contributed by atoms with Crippen molar-refractivity contribution in [3.05, 3.63) is 39.3 Å². The molecule has 2 aromatic rings. The van der Waals surface area contributed by atoms with Gasteiger partial charge in [-0.05, 0) is 11.4 Å². The molecule has 0 saturated carbocycles. The van der Waals surface area contributed by atoms with Crippen molar-refractivity contribution in [2.24, 2.45) is 7.05 Å². The van der Waals surface area contributed by atoms with Gasteiger partial charge >= 0.3 is 0 Å². The van der Waals surface area contributed by atoms with E-state index in [2.05, 4.69) is 10.4 Å². The molecular formula is C14H17N3O2S. The third-order valence-corrected chi connectivity index (χ3v) is 4.35. The van der Waals surface area contributed by atoms with Crippen LogP contribution in [-0.2, 0) is 31.2 Å². The van der Waals surface area contributed by atoms with E-state index < -0.39 is 0 Å². The number of amides is 1. The fraction of sp³-hybridized carbons (Fsp3) is 0.429. The molecule has 0 radical (unpaired) electrons. The first-order valence-corrected chi connectivity index (χ1v) is 7.56. The van der Waals surface area contributed by atoms with Crippen LogP contribution < -0.4 is 5.32 Å². The number of ether oxygens (including phenoxy) is 1. The highest BCUT2D eigenvalue weighted by Gasteiger charge is 2.19. The zero-order valence-electron chi connectivity index (χ0n) is 11.4. The molecule has 0 saturated heterocycles. The highest BCUT2D eigenvalue weighted by atomic mass is 32.1. The summed E-state index contributed by atoms with van der Waals surface area (Å²) in [6.07, 6.45) is 1.66. The molecule has 5 nitrogen and oxygen atoms in total. The number of carbonyl (C=O) groups is 1. The van der Waals surface area contributed by atoms with Crippen molar-refractivity contribution in [2.75, 3.05) is 13.2 Å². The predicted molar refractivity (Wildman–Crippen MR) is 76.9 cm³/mol.